The molecular formula is C7H2Br2F3O. The second-order valence-electron chi connectivity index (χ2n) is 2.02. The predicted octanol–water partition coefficient (Wildman–Crippen LogP) is 3.91. The first-order chi connectivity index (χ1) is 5.90. The van der Waals surface area contributed by atoms with Crippen molar-refractivity contribution in [3.05, 3.63) is 27.1 Å². The first-order valence-electron chi connectivity index (χ1n) is 3.01. The van der Waals surface area contributed by atoms with Crippen molar-refractivity contribution >= 4 is 31.9 Å². The van der Waals surface area contributed by atoms with E-state index in [-0.39, 0.29) is 14.7 Å². The van der Waals surface area contributed by atoms with Crippen LogP contribution >= 0.6 is 31.9 Å². The van der Waals surface area contributed by atoms with Crippen molar-refractivity contribution in [2.24, 2.45) is 0 Å². The number of benzene rings is 1. The summed E-state index contributed by atoms with van der Waals surface area (Å²) in [6.45, 7) is 0. The number of ether oxygens (including phenoxy) is 1. The highest BCUT2D eigenvalue weighted by Crippen LogP contribution is 2.36. The summed E-state index contributed by atoms with van der Waals surface area (Å²) in [4.78, 5) is 0. The first kappa shape index (κ1) is 10.8. The Labute approximate surface area is 89.1 Å². The van der Waals surface area contributed by atoms with Crippen LogP contribution in [0.5, 0.6) is 5.75 Å². The van der Waals surface area contributed by atoms with Crippen LogP contribution in [0, 0.1) is 6.07 Å². The van der Waals surface area contributed by atoms with Gasteiger partial charge in [-0.1, -0.05) is 6.07 Å². The van der Waals surface area contributed by atoms with E-state index >= 15 is 0 Å². The largest absolute Gasteiger partial charge is 0.573 e. The van der Waals surface area contributed by atoms with Gasteiger partial charge in [-0.2, -0.15) is 0 Å². The van der Waals surface area contributed by atoms with E-state index in [4.69, 9.17) is 0 Å². The number of hydrogen-bond donors (Lipinski definition) is 0. The summed E-state index contributed by atoms with van der Waals surface area (Å²) in [6.07, 6.45) is -4.69. The third-order valence-corrected chi connectivity index (χ3v) is 2.29. The zero-order valence-electron chi connectivity index (χ0n) is 5.95. The Bertz CT molecular complexity index is 291. The van der Waals surface area contributed by atoms with Gasteiger partial charge < -0.3 is 4.74 Å². The molecule has 0 aromatic heterocycles. The van der Waals surface area contributed by atoms with Crippen molar-refractivity contribution in [3.63, 3.8) is 0 Å². The lowest BCUT2D eigenvalue weighted by Crippen LogP contribution is -2.17. The minimum absolute atomic E-state index is 0.124. The molecule has 0 unspecified atom stereocenters. The minimum atomic E-state index is -4.69. The van der Waals surface area contributed by atoms with Crippen molar-refractivity contribution in [3.8, 4) is 5.75 Å². The van der Waals surface area contributed by atoms with Crippen molar-refractivity contribution in [2.45, 2.75) is 6.36 Å². The molecule has 0 atom stereocenters. The Balaban J connectivity index is 3.00. The molecule has 0 aliphatic heterocycles. The van der Waals surface area contributed by atoms with Crippen molar-refractivity contribution < 1.29 is 17.9 Å². The maximum Gasteiger partial charge on any atom is 0.573 e. The zero-order chi connectivity index (χ0) is 10.1. The van der Waals surface area contributed by atoms with Gasteiger partial charge in [-0.25, -0.2) is 0 Å². The molecule has 0 aliphatic rings. The van der Waals surface area contributed by atoms with Gasteiger partial charge in [0.1, 0.15) is 0 Å². The number of rotatable bonds is 1. The average Bonchev–Trinajstić information content (AvgIpc) is 1.95. The van der Waals surface area contributed by atoms with Crippen LogP contribution in [0.3, 0.4) is 0 Å². The lowest BCUT2D eigenvalue weighted by molar-refractivity contribution is -0.275. The van der Waals surface area contributed by atoms with Gasteiger partial charge in [0.2, 0.25) is 0 Å². The number of hydrogen-bond acceptors (Lipinski definition) is 1. The highest BCUT2D eigenvalue weighted by atomic mass is 79.9. The molecule has 0 bridgehead atoms. The average molecular weight is 319 g/mol. The van der Waals surface area contributed by atoms with E-state index in [0.29, 0.717) is 0 Å². The van der Waals surface area contributed by atoms with Crippen molar-refractivity contribution in [2.75, 3.05) is 0 Å². The molecule has 0 spiro atoms. The molecule has 1 rings (SSSR count). The van der Waals surface area contributed by atoms with Crippen molar-refractivity contribution in [1.82, 2.24) is 0 Å². The zero-order valence-corrected chi connectivity index (χ0v) is 9.12. The summed E-state index contributed by atoms with van der Waals surface area (Å²) in [6, 6.07) is 5.40. The monoisotopic (exact) mass is 317 g/mol. The molecule has 0 heterocycles. The molecule has 0 N–H and O–H groups in total. The van der Waals surface area contributed by atoms with Gasteiger partial charge in [0.05, 0.1) is 8.95 Å². The maximum atomic E-state index is 11.8. The summed E-state index contributed by atoms with van der Waals surface area (Å²) in [5.74, 6) is -0.324. The lowest BCUT2D eigenvalue weighted by Gasteiger charge is -2.11. The summed E-state index contributed by atoms with van der Waals surface area (Å²) in [5.41, 5.74) is 0. The number of alkyl halides is 3. The van der Waals surface area contributed by atoms with E-state index in [0.717, 1.165) is 0 Å². The summed E-state index contributed by atoms with van der Waals surface area (Å²) >= 11 is 5.81. The highest BCUT2D eigenvalue weighted by Gasteiger charge is 2.32. The standard InChI is InChI=1S/C7H2Br2F3O/c8-4-2-1-3-5(9)6(4)13-7(10,11)12/h1-2H. The van der Waals surface area contributed by atoms with Gasteiger partial charge in [0.25, 0.3) is 0 Å². The predicted molar refractivity (Wildman–Crippen MR) is 47.4 cm³/mol. The summed E-state index contributed by atoms with van der Waals surface area (Å²) in [5, 5.41) is 0. The molecular weight excluding hydrogens is 317 g/mol. The van der Waals surface area contributed by atoms with Gasteiger partial charge in [-0.05, 0) is 37.9 Å². The fourth-order valence-corrected chi connectivity index (χ4v) is 1.75. The third kappa shape index (κ3) is 3.19. The molecule has 0 aliphatic carbocycles. The van der Waals surface area contributed by atoms with E-state index in [2.05, 4.69) is 42.7 Å². The fraction of sp³-hybridized carbons (Fsp3) is 0.143. The molecule has 1 nitrogen and oxygen atoms in total. The van der Waals surface area contributed by atoms with Gasteiger partial charge in [0, 0.05) is 6.07 Å². The van der Waals surface area contributed by atoms with E-state index in [9.17, 15) is 13.2 Å². The van der Waals surface area contributed by atoms with Crippen LogP contribution < -0.4 is 4.74 Å². The molecule has 13 heavy (non-hydrogen) atoms. The van der Waals surface area contributed by atoms with Crippen LogP contribution in [-0.2, 0) is 0 Å². The van der Waals surface area contributed by atoms with Gasteiger partial charge >= 0.3 is 6.36 Å². The molecule has 71 valence electrons. The Morgan fingerprint density at radius 3 is 2.38 bits per heavy atom. The van der Waals surface area contributed by atoms with E-state index in [1.165, 1.54) is 12.1 Å². The topological polar surface area (TPSA) is 9.23 Å². The third-order valence-electron chi connectivity index (χ3n) is 1.07. The Hall–Kier alpha value is -0.230. The molecule has 1 aromatic carbocycles. The molecule has 0 fully saturated rings. The van der Waals surface area contributed by atoms with Gasteiger partial charge in [-0.3, -0.25) is 0 Å². The van der Waals surface area contributed by atoms with E-state index in [1.807, 2.05) is 0 Å². The summed E-state index contributed by atoms with van der Waals surface area (Å²) < 4.78 is 39.6. The first-order valence-corrected chi connectivity index (χ1v) is 4.60. The second kappa shape index (κ2) is 3.88. The van der Waals surface area contributed by atoms with E-state index < -0.39 is 6.36 Å². The smallest absolute Gasteiger partial charge is 0.403 e. The fourth-order valence-electron chi connectivity index (χ4n) is 0.643. The molecule has 6 heteroatoms. The molecule has 1 radical (unpaired) electrons. The molecule has 0 saturated heterocycles. The normalized spacial score (nSPS) is 11.5. The minimum Gasteiger partial charge on any atom is -0.403 e. The van der Waals surface area contributed by atoms with Gasteiger partial charge in [-0.15, -0.1) is 13.2 Å². The lowest BCUT2D eigenvalue weighted by atomic mass is 10.3. The van der Waals surface area contributed by atoms with Crippen molar-refractivity contribution in [1.29, 1.82) is 0 Å². The van der Waals surface area contributed by atoms with Crippen LogP contribution in [-0.4, -0.2) is 6.36 Å². The molecule has 0 amide bonds. The molecule has 1 aromatic rings. The van der Waals surface area contributed by atoms with Crippen LogP contribution in [0.4, 0.5) is 13.2 Å². The van der Waals surface area contributed by atoms with Crippen LogP contribution in [0.25, 0.3) is 0 Å². The molecule has 0 saturated carbocycles. The Morgan fingerprint density at radius 2 is 1.92 bits per heavy atom. The quantitative estimate of drug-likeness (QED) is 0.763. The SMILES string of the molecule is FC(F)(F)Oc1c(Br)[c]ccc1Br. The van der Waals surface area contributed by atoms with Crippen LogP contribution in [0.15, 0.2) is 21.1 Å². The Kier molecular flexibility index (Phi) is 3.23. The van der Waals surface area contributed by atoms with E-state index in [1.54, 1.807) is 0 Å². The highest BCUT2D eigenvalue weighted by molar-refractivity contribution is 9.11. The van der Waals surface area contributed by atoms with Crippen LogP contribution in [0.1, 0.15) is 0 Å². The van der Waals surface area contributed by atoms with Gasteiger partial charge in [0.15, 0.2) is 5.75 Å². The van der Waals surface area contributed by atoms with Crippen LogP contribution in [0.2, 0.25) is 0 Å². The maximum absolute atomic E-state index is 11.8. The number of halogens is 5. The summed E-state index contributed by atoms with van der Waals surface area (Å²) in [7, 11) is 0. The Morgan fingerprint density at radius 1 is 1.31 bits per heavy atom. The second-order valence-corrected chi connectivity index (χ2v) is 3.66.